The van der Waals surface area contributed by atoms with Crippen molar-refractivity contribution in [3.05, 3.63) is 29.3 Å². The molecular weight excluding hydrogens is 287 g/mol. The summed E-state index contributed by atoms with van der Waals surface area (Å²) in [6.45, 7) is 0. The van der Waals surface area contributed by atoms with Gasteiger partial charge in [-0.1, -0.05) is 6.07 Å². The quantitative estimate of drug-likeness (QED) is 0.893. The van der Waals surface area contributed by atoms with Crippen LogP contribution < -0.4 is 10.5 Å². The number of ether oxygens (including phenoxy) is 1. The van der Waals surface area contributed by atoms with Gasteiger partial charge in [0.15, 0.2) is 0 Å². The number of carboxylic acid groups (broad SMARTS) is 1. The molecule has 0 aliphatic heterocycles. The third kappa shape index (κ3) is 4.60. The summed E-state index contributed by atoms with van der Waals surface area (Å²) in [6, 6.07) is 2.12. The first-order chi connectivity index (χ1) is 8.25. The molecule has 1 aromatic rings. The van der Waals surface area contributed by atoms with Crippen LogP contribution in [0.3, 0.4) is 0 Å². The van der Waals surface area contributed by atoms with Crippen molar-refractivity contribution in [1.82, 2.24) is 0 Å². The fourth-order valence-corrected chi connectivity index (χ4v) is 1.44. The molecule has 0 spiro atoms. The van der Waals surface area contributed by atoms with Crippen molar-refractivity contribution in [1.29, 1.82) is 0 Å². The van der Waals surface area contributed by atoms with Crippen molar-refractivity contribution in [3.8, 4) is 5.75 Å². The van der Waals surface area contributed by atoms with Gasteiger partial charge in [0.05, 0.1) is 12.7 Å². The maximum Gasteiger partial charge on any atom is 0.419 e. The highest BCUT2D eigenvalue weighted by Gasteiger charge is 2.34. The molecule has 0 aliphatic carbocycles. The van der Waals surface area contributed by atoms with Gasteiger partial charge in [-0.2, -0.15) is 13.2 Å². The van der Waals surface area contributed by atoms with Crippen LogP contribution in [-0.2, 0) is 17.4 Å². The summed E-state index contributed by atoms with van der Waals surface area (Å²) in [5.74, 6) is -1.57. The van der Waals surface area contributed by atoms with Gasteiger partial charge in [0.1, 0.15) is 11.8 Å². The fourth-order valence-electron chi connectivity index (χ4n) is 1.44. The Morgan fingerprint density at radius 2 is 2.05 bits per heavy atom. The van der Waals surface area contributed by atoms with E-state index < -0.39 is 23.8 Å². The lowest BCUT2D eigenvalue weighted by Gasteiger charge is -2.14. The topological polar surface area (TPSA) is 72.5 Å². The molecule has 0 aliphatic rings. The number of rotatable bonds is 4. The van der Waals surface area contributed by atoms with Crippen LogP contribution in [0.1, 0.15) is 11.1 Å². The van der Waals surface area contributed by atoms with Gasteiger partial charge in [0.25, 0.3) is 0 Å². The van der Waals surface area contributed by atoms with Crippen molar-refractivity contribution in [2.75, 3.05) is 7.11 Å². The summed E-state index contributed by atoms with van der Waals surface area (Å²) in [4.78, 5) is 10.5. The summed E-state index contributed by atoms with van der Waals surface area (Å²) >= 11 is 0. The fraction of sp³-hybridized carbons (Fsp3) is 0.364. The number of hydrogen-bond donors (Lipinski definition) is 2. The molecule has 108 valence electrons. The molecule has 1 atom stereocenters. The van der Waals surface area contributed by atoms with Gasteiger partial charge in [0.2, 0.25) is 0 Å². The summed E-state index contributed by atoms with van der Waals surface area (Å²) in [7, 11) is 1.13. The number of nitrogens with two attached hydrogens (primary N) is 1. The first-order valence-electron chi connectivity index (χ1n) is 4.98. The van der Waals surface area contributed by atoms with E-state index in [2.05, 4.69) is 4.74 Å². The second-order valence-corrected chi connectivity index (χ2v) is 3.68. The molecule has 0 bridgehead atoms. The van der Waals surface area contributed by atoms with Crippen LogP contribution in [0.5, 0.6) is 5.75 Å². The largest absolute Gasteiger partial charge is 0.496 e. The number of carboxylic acids is 1. The Kier molecular flexibility index (Phi) is 6.11. The van der Waals surface area contributed by atoms with Crippen molar-refractivity contribution in [2.45, 2.75) is 18.6 Å². The minimum Gasteiger partial charge on any atom is -0.496 e. The van der Waals surface area contributed by atoms with Crippen LogP contribution in [0.25, 0.3) is 0 Å². The SMILES string of the molecule is COc1ccc(C[C@@H](N)C(=O)O)cc1C(F)(F)F.Cl. The number of hydrogen-bond acceptors (Lipinski definition) is 3. The molecule has 4 nitrogen and oxygen atoms in total. The van der Waals surface area contributed by atoms with Gasteiger partial charge in [-0.25, -0.2) is 0 Å². The Hall–Kier alpha value is -1.47. The molecule has 3 N–H and O–H groups in total. The maximum atomic E-state index is 12.7. The first-order valence-corrected chi connectivity index (χ1v) is 4.98. The van der Waals surface area contributed by atoms with Crippen molar-refractivity contribution < 1.29 is 27.8 Å². The van der Waals surface area contributed by atoms with E-state index in [9.17, 15) is 18.0 Å². The lowest BCUT2D eigenvalue weighted by molar-refractivity contribution is -0.139. The van der Waals surface area contributed by atoms with E-state index in [0.717, 1.165) is 19.2 Å². The zero-order valence-electron chi connectivity index (χ0n) is 9.90. The van der Waals surface area contributed by atoms with E-state index in [4.69, 9.17) is 10.8 Å². The molecule has 19 heavy (non-hydrogen) atoms. The molecule has 0 unspecified atom stereocenters. The third-order valence-electron chi connectivity index (χ3n) is 2.34. The summed E-state index contributed by atoms with van der Waals surface area (Å²) in [5.41, 5.74) is 4.51. The minimum atomic E-state index is -4.56. The van der Waals surface area contributed by atoms with Crippen LogP contribution in [-0.4, -0.2) is 24.2 Å². The standard InChI is InChI=1S/C11H12F3NO3.ClH/c1-18-9-3-2-6(5-8(15)10(16)17)4-7(9)11(12,13)14;/h2-4,8H,5,15H2,1H3,(H,16,17);1H/t8-;/m1./s1. The predicted octanol–water partition coefficient (Wildman–Crippen LogP) is 2.09. The van der Waals surface area contributed by atoms with Crippen molar-refractivity contribution in [2.24, 2.45) is 5.73 Å². The highest BCUT2D eigenvalue weighted by atomic mass is 35.5. The monoisotopic (exact) mass is 299 g/mol. The molecule has 0 saturated carbocycles. The third-order valence-corrected chi connectivity index (χ3v) is 2.34. The molecule has 0 radical (unpaired) electrons. The molecule has 1 rings (SSSR count). The summed E-state index contributed by atoms with van der Waals surface area (Å²) < 4.78 is 42.7. The van der Waals surface area contributed by atoms with E-state index >= 15 is 0 Å². The number of carbonyl (C=O) groups is 1. The van der Waals surface area contributed by atoms with E-state index in [1.54, 1.807) is 0 Å². The Labute approximate surface area is 113 Å². The lowest BCUT2D eigenvalue weighted by Crippen LogP contribution is -2.32. The number of aliphatic carboxylic acids is 1. The normalized spacial score (nSPS) is 12.5. The van der Waals surface area contributed by atoms with Crippen LogP contribution >= 0.6 is 12.4 Å². The van der Waals surface area contributed by atoms with Crippen molar-refractivity contribution >= 4 is 18.4 Å². The number of methoxy groups -OCH3 is 1. The Morgan fingerprint density at radius 1 is 1.47 bits per heavy atom. The number of benzene rings is 1. The average Bonchev–Trinajstić information content (AvgIpc) is 2.27. The molecular formula is C11H13ClF3NO3. The Bertz CT molecular complexity index is 451. The molecule has 0 heterocycles. The van der Waals surface area contributed by atoms with Crippen LogP contribution in [0.4, 0.5) is 13.2 Å². The smallest absolute Gasteiger partial charge is 0.419 e. The Balaban J connectivity index is 0.00000324. The van der Waals surface area contributed by atoms with Crippen LogP contribution in [0.2, 0.25) is 0 Å². The van der Waals surface area contributed by atoms with Gasteiger partial charge in [-0.3, -0.25) is 4.79 Å². The van der Waals surface area contributed by atoms with E-state index in [1.165, 1.54) is 6.07 Å². The van der Waals surface area contributed by atoms with Gasteiger partial charge in [0, 0.05) is 0 Å². The van der Waals surface area contributed by atoms with Gasteiger partial charge >= 0.3 is 12.1 Å². The van der Waals surface area contributed by atoms with Crippen LogP contribution in [0, 0.1) is 0 Å². The highest BCUT2D eigenvalue weighted by molar-refractivity contribution is 5.85. The Morgan fingerprint density at radius 3 is 2.47 bits per heavy atom. The second kappa shape index (κ2) is 6.63. The highest BCUT2D eigenvalue weighted by Crippen LogP contribution is 2.36. The van der Waals surface area contributed by atoms with Crippen LogP contribution in [0.15, 0.2) is 18.2 Å². The molecule has 0 aromatic heterocycles. The van der Waals surface area contributed by atoms with Gasteiger partial charge < -0.3 is 15.6 Å². The van der Waals surface area contributed by atoms with E-state index in [-0.39, 0.29) is 30.1 Å². The first kappa shape index (κ1) is 17.5. The average molecular weight is 300 g/mol. The number of alkyl halides is 3. The molecule has 0 saturated heterocycles. The zero-order chi connectivity index (χ0) is 13.9. The maximum absolute atomic E-state index is 12.7. The summed E-state index contributed by atoms with van der Waals surface area (Å²) in [5, 5.41) is 8.60. The lowest BCUT2D eigenvalue weighted by atomic mass is 10.0. The van der Waals surface area contributed by atoms with Gasteiger partial charge in [-0.05, 0) is 24.1 Å². The molecule has 0 amide bonds. The predicted molar refractivity (Wildman–Crippen MR) is 64.6 cm³/mol. The van der Waals surface area contributed by atoms with E-state index in [0.29, 0.717) is 0 Å². The summed E-state index contributed by atoms with van der Waals surface area (Å²) in [6.07, 6.45) is -4.74. The van der Waals surface area contributed by atoms with Crippen molar-refractivity contribution in [3.63, 3.8) is 0 Å². The van der Waals surface area contributed by atoms with E-state index in [1.807, 2.05) is 0 Å². The molecule has 0 fully saturated rings. The molecule has 1 aromatic carbocycles. The van der Waals surface area contributed by atoms with Gasteiger partial charge in [-0.15, -0.1) is 12.4 Å². The minimum absolute atomic E-state index is 0. The molecule has 8 heteroatoms. The zero-order valence-corrected chi connectivity index (χ0v) is 10.7. The number of halogens is 4. The second-order valence-electron chi connectivity index (χ2n) is 3.68.